The lowest BCUT2D eigenvalue weighted by Crippen LogP contribution is -2.34. The zero-order valence-corrected chi connectivity index (χ0v) is 16.1. The van der Waals surface area contributed by atoms with Crippen LogP contribution in [0.25, 0.3) is 0 Å². The van der Waals surface area contributed by atoms with Crippen LogP contribution < -0.4 is 15.4 Å². The SMILES string of the molecule is CCCCOc1cccc(C(=O)NC(=S)Nc2cccc(C(=O)O)c2C)c1. The molecule has 0 radical (unpaired) electrons. The standard InChI is InChI=1S/C20H22N2O4S/c1-3-4-11-26-15-8-5-7-14(12-15)18(23)22-20(27)21-17-10-6-9-16(13(17)2)19(24)25/h5-10,12H,3-4,11H2,1-2H3,(H,24,25)(H2,21,22,23,27). The Morgan fingerprint density at radius 2 is 1.93 bits per heavy atom. The molecule has 0 unspecified atom stereocenters. The van der Waals surface area contributed by atoms with Crippen LogP contribution in [0.15, 0.2) is 42.5 Å². The van der Waals surface area contributed by atoms with Crippen molar-refractivity contribution in [1.82, 2.24) is 5.32 Å². The normalized spacial score (nSPS) is 10.1. The minimum absolute atomic E-state index is 0.0861. The smallest absolute Gasteiger partial charge is 0.336 e. The van der Waals surface area contributed by atoms with E-state index in [4.69, 9.17) is 17.0 Å². The highest BCUT2D eigenvalue weighted by atomic mass is 32.1. The fourth-order valence-electron chi connectivity index (χ4n) is 2.39. The number of unbranched alkanes of at least 4 members (excludes halogenated alkanes) is 1. The second-order valence-corrected chi connectivity index (χ2v) is 6.33. The van der Waals surface area contributed by atoms with Gasteiger partial charge in [-0.15, -0.1) is 0 Å². The third kappa shape index (κ3) is 5.79. The van der Waals surface area contributed by atoms with Gasteiger partial charge in [0.1, 0.15) is 5.75 Å². The molecule has 0 saturated heterocycles. The van der Waals surface area contributed by atoms with E-state index in [-0.39, 0.29) is 16.6 Å². The van der Waals surface area contributed by atoms with Crippen molar-refractivity contribution in [3.8, 4) is 5.75 Å². The zero-order valence-electron chi connectivity index (χ0n) is 15.2. The van der Waals surface area contributed by atoms with Crippen molar-refractivity contribution in [2.75, 3.05) is 11.9 Å². The first-order valence-corrected chi connectivity index (χ1v) is 9.01. The number of carbonyl (C=O) groups excluding carboxylic acids is 1. The Labute approximate surface area is 163 Å². The summed E-state index contributed by atoms with van der Waals surface area (Å²) in [4.78, 5) is 23.6. The van der Waals surface area contributed by atoms with Gasteiger partial charge in [0.2, 0.25) is 0 Å². The summed E-state index contributed by atoms with van der Waals surface area (Å²) in [6.07, 6.45) is 1.97. The van der Waals surface area contributed by atoms with Gasteiger partial charge >= 0.3 is 5.97 Å². The van der Waals surface area contributed by atoms with Gasteiger partial charge in [-0.25, -0.2) is 4.79 Å². The molecule has 7 heteroatoms. The first-order valence-electron chi connectivity index (χ1n) is 8.60. The fourth-order valence-corrected chi connectivity index (χ4v) is 2.60. The van der Waals surface area contributed by atoms with Crippen molar-refractivity contribution in [1.29, 1.82) is 0 Å². The maximum Gasteiger partial charge on any atom is 0.336 e. The van der Waals surface area contributed by atoms with Crippen molar-refractivity contribution in [2.24, 2.45) is 0 Å². The van der Waals surface area contributed by atoms with E-state index in [2.05, 4.69) is 17.6 Å². The molecule has 0 heterocycles. The van der Waals surface area contributed by atoms with E-state index in [1.54, 1.807) is 43.3 Å². The van der Waals surface area contributed by atoms with Crippen molar-refractivity contribution < 1.29 is 19.4 Å². The Morgan fingerprint density at radius 3 is 2.63 bits per heavy atom. The quantitative estimate of drug-likeness (QED) is 0.492. The molecule has 0 bridgehead atoms. The molecule has 0 atom stereocenters. The predicted octanol–water partition coefficient (Wildman–Crippen LogP) is 4.00. The Morgan fingerprint density at radius 1 is 1.19 bits per heavy atom. The number of ether oxygens (including phenoxy) is 1. The average molecular weight is 386 g/mol. The van der Waals surface area contributed by atoms with E-state index < -0.39 is 5.97 Å². The maximum atomic E-state index is 12.4. The van der Waals surface area contributed by atoms with Gasteiger partial charge in [-0.05, 0) is 61.5 Å². The van der Waals surface area contributed by atoms with Gasteiger partial charge in [0.25, 0.3) is 5.91 Å². The molecule has 0 aliphatic rings. The number of thiocarbonyl (C=S) groups is 1. The molecule has 6 nitrogen and oxygen atoms in total. The molecule has 0 aliphatic heterocycles. The summed E-state index contributed by atoms with van der Waals surface area (Å²) in [5.74, 6) is -0.772. The molecule has 0 saturated carbocycles. The van der Waals surface area contributed by atoms with Crippen LogP contribution in [0.4, 0.5) is 5.69 Å². The third-order valence-corrected chi connectivity index (χ3v) is 4.11. The van der Waals surface area contributed by atoms with Gasteiger partial charge < -0.3 is 15.2 Å². The highest BCUT2D eigenvalue weighted by molar-refractivity contribution is 7.80. The third-order valence-electron chi connectivity index (χ3n) is 3.90. The number of anilines is 1. The van der Waals surface area contributed by atoms with Crippen molar-refractivity contribution >= 4 is 34.9 Å². The van der Waals surface area contributed by atoms with Gasteiger partial charge in [-0.1, -0.05) is 25.5 Å². The molecule has 0 spiro atoms. The molecular weight excluding hydrogens is 364 g/mol. The summed E-state index contributed by atoms with van der Waals surface area (Å²) in [6.45, 7) is 4.35. The topological polar surface area (TPSA) is 87.7 Å². The van der Waals surface area contributed by atoms with Gasteiger partial charge in [0.05, 0.1) is 12.2 Å². The minimum Gasteiger partial charge on any atom is -0.494 e. The first kappa shape index (κ1) is 20.4. The summed E-state index contributed by atoms with van der Waals surface area (Å²) in [5.41, 5.74) is 1.65. The zero-order chi connectivity index (χ0) is 19.8. The van der Waals surface area contributed by atoms with Crippen LogP contribution in [-0.4, -0.2) is 28.7 Å². The summed E-state index contributed by atoms with van der Waals surface area (Å²) in [6, 6.07) is 11.7. The minimum atomic E-state index is -1.02. The first-order chi connectivity index (χ1) is 12.9. The number of carboxylic acid groups (broad SMARTS) is 1. The highest BCUT2D eigenvalue weighted by Crippen LogP contribution is 2.19. The molecule has 2 aromatic carbocycles. The molecular formula is C20H22N2O4S. The Balaban J connectivity index is 2.02. The molecule has 0 aliphatic carbocycles. The number of benzene rings is 2. The molecule has 0 fully saturated rings. The molecule has 0 aromatic heterocycles. The van der Waals surface area contributed by atoms with Crippen LogP contribution in [0.5, 0.6) is 5.75 Å². The number of carbonyl (C=O) groups is 2. The van der Waals surface area contributed by atoms with Crippen LogP contribution in [-0.2, 0) is 0 Å². The highest BCUT2D eigenvalue weighted by Gasteiger charge is 2.13. The van der Waals surface area contributed by atoms with E-state index in [0.717, 1.165) is 12.8 Å². The maximum absolute atomic E-state index is 12.4. The van der Waals surface area contributed by atoms with Crippen molar-refractivity contribution in [2.45, 2.75) is 26.7 Å². The summed E-state index contributed by atoms with van der Waals surface area (Å²) < 4.78 is 5.61. The molecule has 142 valence electrons. The van der Waals surface area contributed by atoms with Gasteiger partial charge in [0, 0.05) is 11.3 Å². The molecule has 2 rings (SSSR count). The number of carboxylic acids is 1. The van der Waals surface area contributed by atoms with Crippen LogP contribution in [0.2, 0.25) is 0 Å². The van der Waals surface area contributed by atoms with Crippen LogP contribution in [0.1, 0.15) is 46.0 Å². The Bertz CT molecular complexity index is 852. The number of hydrogen-bond donors (Lipinski definition) is 3. The Kier molecular flexibility index (Phi) is 7.31. The summed E-state index contributed by atoms with van der Waals surface area (Å²) >= 11 is 5.18. The predicted molar refractivity (Wildman–Crippen MR) is 109 cm³/mol. The van der Waals surface area contributed by atoms with Gasteiger partial charge in [-0.3, -0.25) is 10.1 Å². The lowest BCUT2D eigenvalue weighted by Gasteiger charge is -2.13. The molecule has 3 N–H and O–H groups in total. The summed E-state index contributed by atoms with van der Waals surface area (Å²) in [7, 11) is 0. The van der Waals surface area contributed by atoms with E-state index >= 15 is 0 Å². The largest absolute Gasteiger partial charge is 0.494 e. The lowest BCUT2D eigenvalue weighted by atomic mass is 10.1. The fraction of sp³-hybridized carbons (Fsp3) is 0.250. The van der Waals surface area contributed by atoms with Crippen molar-refractivity contribution in [3.63, 3.8) is 0 Å². The lowest BCUT2D eigenvalue weighted by molar-refractivity contribution is 0.0696. The van der Waals surface area contributed by atoms with Crippen LogP contribution >= 0.6 is 12.2 Å². The number of nitrogens with one attached hydrogen (secondary N) is 2. The van der Waals surface area contributed by atoms with Gasteiger partial charge in [0.15, 0.2) is 5.11 Å². The monoisotopic (exact) mass is 386 g/mol. The number of hydrogen-bond acceptors (Lipinski definition) is 4. The van der Waals surface area contributed by atoms with Crippen molar-refractivity contribution in [3.05, 3.63) is 59.2 Å². The van der Waals surface area contributed by atoms with E-state index in [1.165, 1.54) is 6.07 Å². The van der Waals surface area contributed by atoms with E-state index in [0.29, 0.717) is 29.2 Å². The average Bonchev–Trinajstić information content (AvgIpc) is 2.63. The van der Waals surface area contributed by atoms with E-state index in [1.807, 2.05) is 0 Å². The number of aromatic carboxylic acids is 1. The van der Waals surface area contributed by atoms with Crippen LogP contribution in [0.3, 0.4) is 0 Å². The molecule has 2 aromatic rings. The number of amides is 1. The second kappa shape index (κ2) is 9.68. The molecule has 27 heavy (non-hydrogen) atoms. The second-order valence-electron chi connectivity index (χ2n) is 5.92. The Hall–Kier alpha value is -2.93. The van der Waals surface area contributed by atoms with Gasteiger partial charge in [-0.2, -0.15) is 0 Å². The summed E-state index contributed by atoms with van der Waals surface area (Å²) in [5, 5.41) is 14.7. The number of rotatable bonds is 7. The van der Waals surface area contributed by atoms with Crippen LogP contribution in [0, 0.1) is 6.92 Å². The molecule has 1 amide bonds. The van der Waals surface area contributed by atoms with E-state index in [9.17, 15) is 14.7 Å².